The minimum Gasteiger partial charge on any atom is -0.494 e. The Kier molecular flexibility index (Phi) is 3.69. The molecule has 1 fully saturated rings. The van der Waals surface area contributed by atoms with Gasteiger partial charge in [0.25, 0.3) is 0 Å². The van der Waals surface area contributed by atoms with E-state index in [1.807, 2.05) is 4.90 Å². The summed E-state index contributed by atoms with van der Waals surface area (Å²) in [5, 5.41) is 0. The maximum Gasteiger partial charge on any atom is 0.219 e. The van der Waals surface area contributed by atoms with Gasteiger partial charge in [0.2, 0.25) is 5.91 Å². The van der Waals surface area contributed by atoms with Crippen LogP contribution in [-0.2, 0) is 4.79 Å². The number of hydrogen-bond donors (Lipinski definition) is 0. The molecule has 0 aromatic heterocycles. The number of nitrogens with zero attached hydrogens (tertiary/aromatic N) is 2. The van der Waals surface area contributed by atoms with Crippen molar-refractivity contribution in [2.75, 3.05) is 38.2 Å². The Hall–Kier alpha value is -1.78. The van der Waals surface area contributed by atoms with Gasteiger partial charge in [-0.25, -0.2) is 4.39 Å². The van der Waals surface area contributed by atoms with E-state index in [1.165, 1.54) is 19.2 Å². The molecule has 0 bridgehead atoms. The lowest BCUT2D eigenvalue weighted by atomic mass is 10.2. The summed E-state index contributed by atoms with van der Waals surface area (Å²) in [5.41, 5.74) is 0.877. The topological polar surface area (TPSA) is 32.8 Å². The minimum absolute atomic E-state index is 0.0979. The van der Waals surface area contributed by atoms with Gasteiger partial charge in [-0.3, -0.25) is 4.79 Å². The second-order valence-corrected chi connectivity index (χ2v) is 4.31. The first kappa shape index (κ1) is 12.7. The summed E-state index contributed by atoms with van der Waals surface area (Å²) in [6, 6.07) is 4.53. The van der Waals surface area contributed by atoms with E-state index < -0.39 is 0 Å². The third-order valence-corrected chi connectivity index (χ3v) is 3.21. The summed E-state index contributed by atoms with van der Waals surface area (Å²) in [4.78, 5) is 15.2. The van der Waals surface area contributed by atoms with E-state index in [4.69, 9.17) is 4.74 Å². The molecule has 0 spiro atoms. The van der Waals surface area contributed by atoms with Gasteiger partial charge in [0.15, 0.2) is 0 Å². The lowest BCUT2D eigenvalue weighted by Gasteiger charge is -2.36. The number of halogens is 1. The van der Waals surface area contributed by atoms with Crippen LogP contribution in [0.5, 0.6) is 5.75 Å². The van der Waals surface area contributed by atoms with E-state index in [1.54, 1.807) is 13.0 Å². The highest BCUT2D eigenvalue weighted by Crippen LogP contribution is 2.29. The number of rotatable bonds is 2. The number of piperazine rings is 1. The van der Waals surface area contributed by atoms with Crippen molar-refractivity contribution in [2.45, 2.75) is 6.92 Å². The molecule has 0 saturated carbocycles. The summed E-state index contributed by atoms with van der Waals surface area (Å²) >= 11 is 0. The quantitative estimate of drug-likeness (QED) is 0.799. The molecular formula is C13H17FN2O2. The maximum atomic E-state index is 13.1. The van der Waals surface area contributed by atoms with Gasteiger partial charge in [-0.15, -0.1) is 0 Å². The number of benzene rings is 1. The van der Waals surface area contributed by atoms with Gasteiger partial charge in [0, 0.05) is 39.2 Å². The average molecular weight is 252 g/mol. The van der Waals surface area contributed by atoms with Crippen molar-refractivity contribution < 1.29 is 13.9 Å². The predicted octanol–water partition coefficient (Wildman–Crippen LogP) is 1.50. The van der Waals surface area contributed by atoms with Crippen LogP contribution in [-0.4, -0.2) is 44.1 Å². The molecule has 4 nitrogen and oxygen atoms in total. The van der Waals surface area contributed by atoms with Gasteiger partial charge in [-0.1, -0.05) is 0 Å². The normalized spacial score (nSPS) is 15.7. The van der Waals surface area contributed by atoms with Crippen molar-refractivity contribution in [1.82, 2.24) is 4.90 Å². The van der Waals surface area contributed by atoms with Crippen LogP contribution in [0.25, 0.3) is 0 Å². The molecule has 98 valence electrons. The molecule has 0 radical (unpaired) electrons. The Morgan fingerprint density at radius 3 is 2.50 bits per heavy atom. The van der Waals surface area contributed by atoms with E-state index in [9.17, 15) is 9.18 Å². The van der Waals surface area contributed by atoms with Gasteiger partial charge in [-0.2, -0.15) is 0 Å². The molecule has 1 aromatic carbocycles. The largest absolute Gasteiger partial charge is 0.494 e. The van der Waals surface area contributed by atoms with Gasteiger partial charge < -0.3 is 14.5 Å². The fourth-order valence-corrected chi connectivity index (χ4v) is 2.17. The van der Waals surface area contributed by atoms with Crippen molar-refractivity contribution in [1.29, 1.82) is 0 Å². The third kappa shape index (κ3) is 2.55. The number of amides is 1. The second-order valence-electron chi connectivity index (χ2n) is 4.31. The molecule has 1 aliphatic rings. The number of hydrogen-bond acceptors (Lipinski definition) is 3. The number of carbonyl (C=O) groups is 1. The fourth-order valence-electron chi connectivity index (χ4n) is 2.17. The van der Waals surface area contributed by atoms with Crippen molar-refractivity contribution in [3.63, 3.8) is 0 Å². The number of anilines is 1. The lowest BCUT2D eigenvalue weighted by Crippen LogP contribution is -2.48. The Morgan fingerprint density at radius 1 is 1.28 bits per heavy atom. The highest BCUT2D eigenvalue weighted by molar-refractivity contribution is 5.73. The van der Waals surface area contributed by atoms with Crippen molar-refractivity contribution in [2.24, 2.45) is 0 Å². The summed E-state index contributed by atoms with van der Waals surface area (Å²) in [6.45, 7) is 4.43. The Balaban J connectivity index is 2.12. The molecule has 1 heterocycles. The average Bonchev–Trinajstić information content (AvgIpc) is 2.38. The molecule has 5 heteroatoms. The number of methoxy groups -OCH3 is 1. The van der Waals surface area contributed by atoms with Crippen LogP contribution in [0.1, 0.15) is 6.92 Å². The smallest absolute Gasteiger partial charge is 0.219 e. The first-order valence-electron chi connectivity index (χ1n) is 5.96. The van der Waals surface area contributed by atoms with Gasteiger partial charge >= 0.3 is 0 Å². The summed E-state index contributed by atoms with van der Waals surface area (Å²) in [6.07, 6.45) is 0. The van der Waals surface area contributed by atoms with Crippen LogP contribution in [0, 0.1) is 5.82 Å². The first-order chi connectivity index (χ1) is 8.61. The molecule has 2 rings (SSSR count). The molecule has 0 atom stereocenters. The minimum atomic E-state index is -0.307. The highest BCUT2D eigenvalue weighted by Gasteiger charge is 2.21. The van der Waals surface area contributed by atoms with Crippen LogP contribution in [0.3, 0.4) is 0 Å². The van der Waals surface area contributed by atoms with Crippen LogP contribution in [0.15, 0.2) is 18.2 Å². The Labute approximate surface area is 106 Å². The Bertz CT molecular complexity index is 443. The van der Waals surface area contributed by atoms with Crippen LogP contribution in [0.2, 0.25) is 0 Å². The van der Waals surface area contributed by atoms with E-state index in [2.05, 4.69) is 4.90 Å². The maximum absolute atomic E-state index is 13.1. The van der Waals surface area contributed by atoms with Crippen LogP contribution in [0.4, 0.5) is 10.1 Å². The summed E-state index contributed by atoms with van der Waals surface area (Å²) in [5.74, 6) is 0.324. The van der Waals surface area contributed by atoms with E-state index in [0.29, 0.717) is 18.8 Å². The van der Waals surface area contributed by atoms with E-state index >= 15 is 0 Å². The van der Waals surface area contributed by atoms with Gasteiger partial charge in [0.1, 0.15) is 11.6 Å². The van der Waals surface area contributed by atoms with Crippen LogP contribution < -0.4 is 9.64 Å². The molecule has 0 aliphatic carbocycles. The molecule has 1 amide bonds. The Morgan fingerprint density at radius 2 is 1.94 bits per heavy atom. The fraction of sp³-hybridized carbons (Fsp3) is 0.462. The highest BCUT2D eigenvalue weighted by atomic mass is 19.1. The summed E-state index contributed by atoms with van der Waals surface area (Å²) in [7, 11) is 1.53. The number of carbonyl (C=O) groups excluding carboxylic acids is 1. The third-order valence-electron chi connectivity index (χ3n) is 3.21. The van der Waals surface area contributed by atoms with E-state index in [0.717, 1.165) is 18.8 Å². The SMILES string of the molecule is COc1cc(F)ccc1N1CCN(C(C)=O)CC1. The van der Waals surface area contributed by atoms with E-state index in [-0.39, 0.29) is 11.7 Å². The summed E-state index contributed by atoms with van der Waals surface area (Å²) < 4.78 is 18.3. The molecule has 18 heavy (non-hydrogen) atoms. The molecule has 1 aromatic rings. The lowest BCUT2D eigenvalue weighted by molar-refractivity contribution is -0.129. The molecule has 0 unspecified atom stereocenters. The zero-order valence-electron chi connectivity index (χ0n) is 10.6. The predicted molar refractivity (Wildman–Crippen MR) is 67.4 cm³/mol. The molecule has 0 N–H and O–H groups in total. The van der Waals surface area contributed by atoms with Gasteiger partial charge in [0.05, 0.1) is 12.8 Å². The molecule has 1 aliphatic heterocycles. The van der Waals surface area contributed by atoms with Crippen molar-refractivity contribution >= 4 is 11.6 Å². The molecular weight excluding hydrogens is 235 g/mol. The van der Waals surface area contributed by atoms with Crippen molar-refractivity contribution in [3.8, 4) is 5.75 Å². The standard InChI is InChI=1S/C13H17FN2O2/c1-10(17)15-5-7-16(8-6-15)12-4-3-11(14)9-13(12)18-2/h3-4,9H,5-8H2,1-2H3. The molecule has 1 saturated heterocycles. The number of ether oxygens (including phenoxy) is 1. The van der Waals surface area contributed by atoms with Gasteiger partial charge in [-0.05, 0) is 12.1 Å². The zero-order valence-corrected chi connectivity index (χ0v) is 10.6. The second kappa shape index (κ2) is 5.25. The monoisotopic (exact) mass is 252 g/mol. The van der Waals surface area contributed by atoms with Crippen LogP contribution >= 0.6 is 0 Å². The first-order valence-corrected chi connectivity index (χ1v) is 5.96. The zero-order chi connectivity index (χ0) is 13.1. The van der Waals surface area contributed by atoms with Crippen molar-refractivity contribution in [3.05, 3.63) is 24.0 Å².